The summed E-state index contributed by atoms with van der Waals surface area (Å²) in [5, 5.41) is 2.69. The zero-order valence-electron chi connectivity index (χ0n) is 15.2. The molecule has 0 spiro atoms. The van der Waals surface area contributed by atoms with Crippen LogP contribution >= 0.6 is 0 Å². The van der Waals surface area contributed by atoms with Crippen LogP contribution in [0.25, 0.3) is 0 Å². The number of anilines is 1. The van der Waals surface area contributed by atoms with E-state index in [4.69, 9.17) is 0 Å². The number of benzene rings is 2. The molecule has 27 heavy (non-hydrogen) atoms. The number of aryl methyl sites for hydroxylation is 1. The number of carbonyl (C=O) groups excluding carboxylic acids is 1. The van der Waals surface area contributed by atoms with Crippen LogP contribution in [0, 0.1) is 11.6 Å². The average Bonchev–Trinajstić information content (AvgIpc) is 2.59. The zero-order chi connectivity index (χ0) is 20.0. The molecule has 0 saturated heterocycles. The highest BCUT2D eigenvalue weighted by molar-refractivity contribution is 7.92. The van der Waals surface area contributed by atoms with Gasteiger partial charge < -0.3 is 5.32 Å². The second kappa shape index (κ2) is 8.94. The van der Waals surface area contributed by atoms with Crippen molar-refractivity contribution < 1.29 is 22.0 Å². The molecule has 0 fully saturated rings. The molecule has 1 atom stereocenters. The Morgan fingerprint density at radius 3 is 2.37 bits per heavy atom. The molecule has 0 bridgehead atoms. The van der Waals surface area contributed by atoms with Gasteiger partial charge in [0.2, 0.25) is 15.9 Å². The highest BCUT2D eigenvalue weighted by Gasteiger charge is 2.29. The van der Waals surface area contributed by atoms with Crippen LogP contribution in [0.5, 0.6) is 0 Å². The van der Waals surface area contributed by atoms with Crippen LogP contribution in [0.2, 0.25) is 0 Å². The first kappa shape index (κ1) is 20.8. The number of nitrogens with one attached hydrogen (secondary N) is 1. The van der Waals surface area contributed by atoms with Gasteiger partial charge in [-0.2, -0.15) is 0 Å². The quantitative estimate of drug-likeness (QED) is 0.698. The summed E-state index contributed by atoms with van der Waals surface area (Å²) >= 11 is 0. The van der Waals surface area contributed by atoms with Gasteiger partial charge in [0.15, 0.2) is 0 Å². The fraction of sp³-hybridized carbons (Fsp3) is 0.316. The highest BCUT2D eigenvalue weighted by atomic mass is 32.2. The molecular weight excluding hydrogens is 374 g/mol. The topological polar surface area (TPSA) is 66.5 Å². The molecular formula is C19H22F2N2O3S. The molecule has 5 nitrogen and oxygen atoms in total. The number of nitrogens with zero attached hydrogens (tertiary/aromatic N) is 1. The average molecular weight is 396 g/mol. The Morgan fingerprint density at radius 1 is 1.11 bits per heavy atom. The molecule has 2 aromatic carbocycles. The van der Waals surface area contributed by atoms with Crippen LogP contribution in [0.15, 0.2) is 48.5 Å². The van der Waals surface area contributed by atoms with E-state index in [9.17, 15) is 22.0 Å². The third kappa shape index (κ3) is 6.02. The number of carbonyl (C=O) groups is 1. The molecule has 0 saturated carbocycles. The van der Waals surface area contributed by atoms with Crippen molar-refractivity contribution in [2.75, 3.05) is 17.1 Å². The molecule has 0 aliphatic rings. The lowest BCUT2D eigenvalue weighted by Gasteiger charge is -2.28. The Balaban J connectivity index is 1.97. The largest absolute Gasteiger partial charge is 0.354 e. The Labute approximate surface area is 158 Å². The van der Waals surface area contributed by atoms with Crippen LogP contribution in [0.3, 0.4) is 0 Å². The molecule has 0 unspecified atom stereocenters. The van der Waals surface area contributed by atoms with Crippen molar-refractivity contribution in [1.29, 1.82) is 0 Å². The summed E-state index contributed by atoms with van der Waals surface area (Å²) in [6, 6.07) is 10.2. The molecule has 0 aliphatic carbocycles. The van der Waals surface area contributed by atoms with E-state index >= 15 is 0 Å². The van der Waals surface area contributed by atoms with Crippen LogP contribution in [-0.2, 0) is 21.2 Å². The summed E-state index contributed by atoms with van der Waals surface area (Å²) in [7, 11) is -3.79. The normalized spacial score (nSPS) is 12.4. The van der Waals surface area contributed by atoms with E-state index in [2.05, 4.69) is 5.32 Å². The standard InChI is InChI=1S/C19H22F2N2O3S/c1-14(23(27(2,25)26)18-7-3-6-17(21)13-18)19(24)22-12-4-5-15-8-10-16(20)11-9-15/h3,6-11,13-14H,4-5,12H2,1-2H3,(H,22,24)/t14-/m0/s1. The van der Waals surface area contributed by atoms with Gasteiger partial charge in [-0.05, 0) is 55.7 Å². The van der Waals surface area contributed by atoms with E-state index in [1.54, 1.807) is 12.1 Å². The van der Waals surface area contributed by atoms with E-state index in [0.29, 0.717) is 19.4 Å². The number of halogens is 2. The molecule has 1 amide bonds. The van der Waals surface area contributed by atoms with Crippen molar-refractivity contribution in [3.05, 3.63) is 65.7 Å². The van der Waals surface area contributed by atoms with Crippen LogP contribution < -0.4 is 9.62 Å². The lowest BCUT2D eigenvalue weighted by Crippen LogP contribution is -2.48. The van der Waals surface area contributed by atoms with Gasteiger partial charge in [-0.15, -0.1) is 0 Å². The van der Waals surface area contributed by atoms with E-state index in [1.165, 1.54) is 37.3 Å². The number of amides is 1. The Kier molecular flexibility index (Phi) is 6.90. The summed E-state index contributed by atoms with van der Waals surface area (Å²) in [6.07, 6.45) is 2.23. The SMILES string of the molecule is C[C@@H](C(=O)NCCCc1ccc(F)cc1)N(c1cccc(F)c1)S(C)(=O)=O. The Bertz CT molecular complexity index is 886. The van der Waals surface area contributed by atoms with Crippen LogP contribution in [0.1, 0.15) is 18.9 Å². The lowest BCUT2D eigenvalue weighted by atomic mass is 10.1. The lowest BCUT2D eigenvalue weighted by molar-refractivity contribution is -0.121. The highest BCUT2D eigenvalue weighted by Crippen LogP contribution is 2.21. The van der Waals surface area contributed by atoms with Gasteiger partial charge in [-0.1, -0.05) is 18.2 Å². The molecule has 8 heteroatoms. The first-order valence-corrected chi connectivity index (χ1v) is 10.3. The van der Waals surface area contributed by atoms with Crippen molar-refractivity contribution in [2.24, 2.45) is 0 Å². The monoisotopic (exact) mass is 396 g/mol. The minimum Gasteiger partial charge on any atom is -0.354 e. The predicted molar refractivity (Wildman–Crippen MR) is 101 cm³/mol. The van der Waals surface area contributed by atoms with Gasteiger partial charge in [0, 0.05) is 6.54 Å². The molecule has 0 aliphatic heterocycles. The molecule has 0 aromatic heterocycles. The van der Waals surface area contributed by atoms with Crippen molar-refractivity contribution in [3.63, 3.8) is 0 Å². The van der Waals surface area contributed by atoms with Gasteiger partial charge in [0.25, 0.3) is 0 Å². The fourth-order valence-corrected chi connectivity index (χ4v) is 3.89. The molecule has 0 radical (unpaired) electrons. The van der Waals surface area contributed by atoms with Gasteiger partial charge >= 0.3 is 0 Å². The first-order valence-electron chi connectivity index (χ1n) is 8.45. The summed E-state index contributed by atoms with van der Waals surface area (Å²) in [4.78, 5) is 12.4. The number of hydrogen-bond acceptors (Lipinski definition) is 3. The van der Waals surface area contributed by atoms with E-state index in [1.807, 2.05) is 0 Å². The Hall–Kier alpha value is -2.48. The van der Waals surface area contributed by atoms with Crippen molar-refractivity contribution >= 4 is 21.6 Å². The summed E-state index contributed by atoms with van der Waals surface area (Å²) in [5.41, 5.74) is 1.03. The smallest absolute Gasteiger partial charge is 0.243 e. The maximum atomic E-state index is 13.5. The zero-order valence-corrected chi connectivity index (χ0v) is 16.0. The third-order valence-corrected chi connectivity index (χ3v) is 5.25. The summed E-state index contributed by atoms with van der Waals surface area (Å²) in [5.74, 6) is -1.38. The van der Waals surface area contributed by atoms with Gasteiger partial charge in [-0.25, -0.2) is 17.2 Å². The predicted octanol–water partition coefficient (Wildman–Crippen LogP) is 2.87. The van der Waals surface area contributed by atoms with Crippen molar-refractivity contribution in [3.8, 4) is 0 Å². The maximum absolute atomic E-state index is 13.5. The molecule has 0 heterocycles. The Morgan fingerprint density at radius 2 is 1.78 bits per heavy atom. The number of sulfonamides is 1. The van der Waals surface area contributed by atoms with Gasteiger partial charge in [0.05, 0.1) is 11.9 Å². The molecule has 1 N–H and O–H groups in total. The molecule has 146 valence electrons. The fourth-order valence-electron chi connectivity index (χ4n) is 2.72. The van der Waals surface area contributed by atoms with E-state index in [0.717, 1.165) is 22.2 Å². The second-order valence-electron chi connectivity index (χ2n) is 6.24. The number of hydrogen-bond donors (Lipinski definition) is 1. The van der Waals surface area contributed by atoms with Crippen molar-refractivity contribution in [1.82, 2.24) is 5.32 Å². The van der Waals surface area contributed by atoms with Gasteiger partial charge in [0.1, 0.15) is 17.7 Å². The first-order chi connectivity index (χ1) is 12.7. The summed E-state index contributed by atoms with van der Waals surface area (Å²) in [6.45, 7) is 1.78. The van der Waals surface area contributed by atoms with Crippen molar-refractivity contribution in [2.45, 2.75) is 25.8 Å². The van der Waals surface area contributed by atoms with E-state index < -0.39 is 27.8 Å². The van der Waals surface area contributed by atoms with E-state index in [-0.39, 0.29) is 11.5 Å². The van der Waals surface area contributed by atoms with Crippen LogP contribution in [0.4, 0.5) is 14.5 Å². The maximum Gasteiger partial charge on any atom is 0.243 e. The summed E-state index contributed by atoms with van der Waals surface area (Å²) < 4.78 is 51.5. The van der Waals surface area contributed by atoms with Gasteiger partial charge in [-0.3, -0.25) is 9.10 Å². The minimum absolute atomic E-state index is 0.0893. The molecule has 2 aromatic rings. The van der Waals surface area contributed by atoms with Crippen LogP contribution in [-0.4, -0.2) is 33.2 Å². The minimum atomic E-state index is -3.79. The third-order valence-electron chi connectivity index (χ3n) is 4.01. The molecule has 2 rings (SSSR count). The number of rotatable bonds is 8. The second-order valence-corrected chi connectivity index (χ2v) is 8.10.